The Morgan fingerprint density at radius 1 is 1.04 bits per heavy atom. The van der Waals surface area contributed by atoms with E-state index in [1.807, 2.05) is 19.2 Å². The van der Waals surface area contributed by atoms with Gasteiger partial charge in [0.1, 0.15) is 5.82 Å². The van der Waals surface area contributed by atoms with E-state index in [0.717, 1.165) is 43.6 Å². The second-order valence-electron chi connectivity index (χ2n) is 7.15. The quantitative estimate of drug-likeness (QED) is 0.913. The fourth-order valence-corrected chi connectivity index (χ4v) is 5.05. The van der Waals surface area contributed by atoms with E-state index in [0.29, 0.717) is 4.90 Å². The van der Waals surface area contributed by atoms with Gasteiger partial charge < -0.3 is 4.57 Å². The average Bonchev–Trinajstić information content (AvgIpc) is 2.96. The van der Waals surface area contributed by atoms with Crippen LogP contribution in [0.4, 0.5) is 0 Å². The highest BCUT2D eigenvalue weighted by Gasteiger charge is 2.21. The van der Waals surface area contributed by atoms with Gasteiger partial charge in [0.2, 0.25) is 10.0 Å². The molecule has 0 bridgehead atoms. The van der Waals surface area contributed by atoms with E-state index in [1.54, 1.807) is 6.07 Å². The van der Waals surface area contributed by atoms with Gasteiger partial charge in [0, 0.05) is 12.7 Å². The summed E-state index contributed by atoms with van der Waals surface area (Å²) < 4.78 is 30.2. The largest absolute Gasteiger partial charge is 0.334 e. The first-order chi connectivity index (χ1) is 12.0. The molecule has 0 saturated heterocycles. The lowest BCUT2D eigenvalue weighted by Gasteiger charge is -2.16. The summed E-state index contributed by atoms with van der Waals surface area (Å²) in [6, 6.07) is 5.55. The molecule has 0 aliphatic heterocycles. The highest BCUT2D eigenvalue weighted by Crippen LogP contribution is 2.25. The fraction of sp³-hybridized carbons (Fsp3) is 0.526. The van der Waals surface area contributed by atoms with E-state index >= 15 is 0 Å². The van der Waals surface area contributed by atoms with Gasteiger partial charge >= 0.3 is 0 Å². The van der Waals surface area contributed by atoms with Gasteiger partial charge in [0.15, 0.2) is 0 Å². The van der Waals surface area contributed by atoms with Crippen LogP contribution in [-0.2, 0) is 49.3 Å². The molecule has 25 heavy (non-hydrogen) atoms. The molecule has 0 atom stereocenters. The predicted molar refractivity (Wildman–Crippen MR) is 97.0 cm³/mol. The third-order valence-electron chi connectivity index (χ3n) is 5.52. The number of nitrogens with one attached hydrogen (secondary N) is 1. The smallest absolute Gasteiger partial charge is 0.240 e. The van der Waals surface area contributed by atoms with Crippen LogP contribution in [-0.4, -0.2) is 18.0 Å². The molecule has 2 aromatic rings. The lowest BCUT2D eigenvalue weighted by molar-refractivity contribution is 0.576. The first-order valence-electron chi connectivity index (χ1n) is 9.19. The molecule has 1 aromatic carbocycles. The molecule has 0 radical (unpaired) electrons. The molecule has 1 heterocycles. The Balaban J connectivity index is 1.53. The normalized spacial score (nSPS) is 17.2. The molecular weight excluding hydrogens is 334 g/mol. The molecule has 2 aliphatic rings. The van der Waals surface area contributed by atoms with E-state index < -0.39 is 10.0 Å². The van der Waals surface area contributed by atoms with Gasteiger partial charge in [-0.1, -0.05) is 6.07 Å². The first kappa shape index (κ1) is 16.8. The number of benzene rings is 1. The summed E-state index contributed by atoms with van der Waals surface area (Å²) in [4.78, 5) is 5.02. The second kappa shape index (κ2) is 6.57. The predicted octanol–water partition coefficient (Wildman–Crippen LogP) is 2.66. The number of imidazole rings is 1. The summed E-state index contributed by atoms with van der Waals surface area (Å²) in [5, 5.41) is 0. The lowest BCUT2D eigenvalue weighted by Crippen LogP contribution is -2.25. The number of aryl methyl sites for hydroxylation is 3. The zero-order chi connectivity index (χ0) is 17.4. The van der Waals surface area contributed by atoms with Crippen molar-refractivity contribution >= 4 is 10.0 Å². The maximum Gasteiger partial charge on any atom is 0.240 e. The number of fused-ring (bicyclic) bond motifs is 2. The zero-order valence-corrected chi connectivity index (χ0v) is 15.5. The minimum atomic E-state index is -3.51. The van der Waals surface area contributed by atoms with Crippen LogP contribution in [0.15, 0.2) is 23.1 Å². The Hall–Kier alpha value is -1.66. The lowest BCUT2D eigenvalue weighted by atomic mass is 9.92. The molecule has 0 fully saturated rings. The van der Waals surface area contributed by atoms with Crippen molar-refractivity contribution in [1.82, 2.24) is 14.3 Å². The summed E-state index contributed by atoms with van der Waals surface area (Å²) >= 11 is 0. The Labute approximate surface area is 149 Å². The molecule has 0 amide bonds. The second-order valence-corrected chi connectivity index (χ2v) is 8.92. The minimum absolute atomic E-state index is 0.239. The van der Waals surface area contributed by atoms with Gasteiger partial charge in [-0.05, 0) is 74.6 Å². The Kier molecular flexibility index (Phi) is 4.41. The summed E-state index contributed by atoms with van der Waals surface area (Å²) in [5.41, 5.74) is 4.87. The summed E-state index contributed by atoms with van der Waals surface area (Å²) in [5.74, 6) is 0.799. The van der Waals surface area contributed by atoms with Gasteiger partial charge in [-0.25, -0.2) is 18.1 Å². The molecule has 134 valence electrons. The molecule has 6 heteroatoms. The molecule has 5 nitrogen and oxygen atoms in total. The maximum absolute atomic E-state index is 12.7. The van der Waals surface area contributed by atoms with Crippen molar-refractivity contribution in [3.63, 3.8) is 0 Å². The van der Waals surface area contributed by atoms with Crippen LogP contribution in [0.2, 0.25) is 0 Å². The van der Waals surface area contributed by atoms with Crippen LogP contribution in [0.5, 0.6) is 0 Å². The maximum atomic E-state index is 12.7. The van der Waals surface area contributed by atoms with E-state index in [2.05, 4.69) is 14.3 Å². The van der Waals surface area contributed by atoms with Crippen molar-refractivity contribution < 1.29 is 8.42 Å². The van der Waals surface area contributed by atoms with E-state index in [4.69, 9.17) is 0 Å². The number of hydrogen-bond donors (Lipinski definition) is 1. The van der Waals surface area contributed by atoms with Crippen LogP contribution in [0.25, 0.3) is 0 Å². The number of sulfonamides is 1. The number of rotatable bonds is 4. The third-order valence-corrected chi connectivity index (χ3v) is 6.92. The SMILES string of the molecule is Cn1c(CNS(=O)(=O)c2ccc3c(c2)CCCC3)nc2c1CCCC2. The topological polar surface area (TPSA) is 64.0 Å². The van der Waals surface area contributed by atoms with Crippen LogP contribution < -0.4 is 4.72 Å². The highest BCUT2D eigenvalue weighted by atomic mass is 32.2. The Bertz CT molecular complexity index is 900. The van der Waals surface area contributed by atoms with Gasteiger partial charge in [0.05, 0.1) is 17.1 Å². The summed E-state index contributed by atoms with van der Waals surface area (Å²) in [6.45, 7) is 0.239. The van der Waals surface area contributed by atoms with Gasteiger partial charge in [-0.2, -0.15) is 0 Å². The first-order valence-corrected chi connectivity index (χ1v) is 10.7. The number of hydrogen-bond acceptors (Lipinski definition) is 3. The standard InChI is InChI=1S/C19H25N3O2S/c1-22-18-9-5-4-8-17(18)21-19(22)13-20-25(23,24)16-11-10-14-6-2-3-7-15(14)12-16/h10-12,20H,2-9,13H2,1H3. The molecule has 1 aromatic heterocycles. The molecule has 0 spiro atoms. The van der Waals surface area contributed by atoms with E-state index in [9.17, 15) is 8.42 Å². The van der Waals surface area contributed by atoms with E-state index in [1.165, 1.54) is 36.1 Å². The molecule has 2 aliphatic carbocycles. The van der Waals surface area contributed by atoms with Crippen molar-refractivity contribution in [2.24, 2.45) is 7.05 Å². The monoisotopic (exact) mass is 359 g/mol. The van der Waals surface area contributed by atoms with Crippen molar-refractivity contribution in [3.8, 4) is 0 Å². The van der Waals surface area contributed by atoms with Crippen LogP contribution >= 0.6 is 0 Å². The molecular formula is C19H25N3O2S. The summed E-state index contributed by atoms with van der Waals surface area (Å²) in [6.07, 6.45) is 8.77. The minimum Gasteiger partial charge on any atom is -0.334 e. The van der Waals surface area contributed by atoms with Crippen LogP contribution in [0.1, 0.15) is 54.0 Å². The number of nitrogens with zero attached hydrogens (tertiary/aromatic N) is 2. The Morgan fingerprint density at radius 3 is 2.56 bits per heavy atom. The molecule has 4 rings (SSSR count). The summed E-state index contributed by atoms with van der Waals surface area (Å²) in [7, 11) is -1.53. The average molecular weight is 359 g/mol. The van der Waals surface area contributed by atoms with Crippen molar-refractivity contribution in [2.45, 2.75) is 62.8 Å². The van der Waals surface area contributed by atoms with Gasteiger partial charge in [0.25, 0.3) is 0 Å². The molecule has 0 unspecified atom stereocenters. The van der Waals surface area contributed by atoms with Crippen molar-refractivity contribution in [2.75, 3.05) is 0 Å². The third kappa shape index (κ3) is 3.25. The van der Waals surface area contributed by atoms with Crippen molar-refractivity contribution in [3.05, 3.63) is 46.5 Å². The number of aromatic nitrogens is 2. The van der Waals surface area contributed by atoms with E-state index in [-0.39, 0.29) is 6.54 Å². The Morgan fingerprint density at radius 2 is 1.76 bits per heavy atom. The molecule has 1 N–H and O–H groups in total. The molecule has 0 saturated carbocycles. The fourth-order valence-electron chi connectivity index (χ4n) is 4.02. The van der Waals surface area contributed by atoms with Crippen LogP contribution in [0.3, 0.4) is 0 Å². The zero-order valence-electron chi connectivity index (χ0n) is 14.7. The van der Waals surface area contributed by atoms with Crippen molar-refractivity contribution in [1.29, 1.82) is 0 Å². The highest BCUT2D eigenvalue weighted by molar-refractivity contribution is 7.89. The van der Waals surface area contributed by atoms with Crippen LogP contribution in [0, 0.1) is 0 Å². The van der Waals surface area contributed by atoms with Gasteiger partial charge in [-0.3, -0.25) is 0 Å². The van der Waals surface area contributed by atoms with Gasteiger partial charge in [-0.15, -0.1) is 0 Å².